The Balaban J connectivity index is 1.79. The van der Waals surface area contributed by atoms with Crippen LogP contribution in [-0.2, 0) is 11.3 Å². The van der Waals surface area contributed by atoms with Crippen LogP contribution in [0.1, 0.15) is 25.0 Å². The predicted octanol–water partition coefficient (Wildman–Crippen LogP) is 1.91. The second kappa shape index (κ2) is 9.35. The maximum absolute atomic E-state index is 5.41. The molecule has 0 bridgehead atoms. The molecule has 0 unspecified atom stereocenters. The molecule has 2 rings (SSSR count). The summed E-state index contributed by atoms with van der Waals surface area (Å²) in [5, 5.41) is 3.36. The molecule has 1 aliphatic rings. The molecule has 1 aliphatic heterocycles. The van der Waals surface area contributed by atoms with Crippen LogP contribution in [0.25, 0.3) is 0 Å². The Bertz CT molecular complexity index is 501. The highest BCUT2D eigenvalue weighted by Gasteiger charge is 2.15. The molecule has 0 aromatic carbocycles. The van der Waals surface area contributed by atoms with Crippen molar-refractivity contribution < 1.29 is 9.47 Å². The summed E-state index contributed by atoms with van der Waals surface area (Å²) in [5.74, 6) is 2.29. The van der Waals surface area contributed by atoms with E-state index in [0.29, 0.717) is 12.4 Å². The van der Waals surface area contributed by atoms with Gasteiger partial charge in [-0.3, -0.25) is 4.99 Å². The first-order valence-corrected chi connectivity index (χ1v) is 8.22. The molecule has 6 nitrogen and oxygen atoms in total. The lowest BCUT2D eigenvalue weighted by atomic mass is 9.96. The summed E-state index contributed by atoms with van der Waals surface area (Å²) >= 11 is 0. The van der Waals surface area contributed by atoms with Gasteiger partial charge in [-0.25, -0.2) is 4.98 Å². The van der Waals surface area contributed by atoms with Crippen LogP contribution in [0.4, 0.5) is 0 Å². The normalized spacial score (nSPS) is 16.2. The van der Waals surface area contributed by atoms with E-state index in [4.69, 9.17) is 9.47 Å². The Morgan fingerprint density at radius 1 is 1.43 bits per heavy atom. The molecule has 0 atom stereocenters. The second-order valence-electron chi connectivity index (χ2n) is 5.84. The van der Waals surface area contributed by atoms with Crippen LogP contribution in [0.2, 0.25) is 0 Å². The van der Waals surface area contributed by atoms with E-state index in [2.05, 4.69) is 27.2 Å². The maximum Gasteiger partial charge on any atom is 0.213 e. The third kappa shape index (κ3) is 5.71. The topological polar surface area (TPSA) is 59.0 Å². The first-order valence-electron chi connectivity index (χ1n) is 8.22. The molecule has 1 fully saturated rings. The van der Waals surface area contributed by atoms with Gasteiger partial charge in [0, 0.05) is 39.9 Å². The number of ether oxygens (including phenoxy) is 2. The van der Waals surface area contributed by atoms with Gasteiger partial charge in [0.2, 0.25) is 5.88 Å². The van der Waals surface area contributed by atoms with Gasteiger partial charge in [-0.2, -0.15) is 0 Å². The lowest BCUT2D eigenvalue weighted by Gasteiger charge is -2.26. The van der Waals surface area contributed by atoms with Crippen molar-refractivity contribution in [3.05, 3.63) is 23.9 Å². The molecule has 6 heteroatoms. The van der Waals surface area contributed by atoms with Gasteiger partial charge in [0.25, 0.3) is 0 Å². The van der Waals surface area contributed by atoms with E-state index in [1.165, 1.54) is 19.3 Å². The van der Waals surface area contributed by atoms with Gasteiger partial charge in [-0.1, -0.05) is 6.07 Å². The molecule has 0 radical (unpaired) electrons. The number of hydrogen-bond donors (Lipinski definition) is 1. The number of aromatic nitrogens is 1. The van der Waals surface area contributed by atoms with E-state index < -0.39 is 0 Å². The Morgan fingerprint density at radius 3 is 2.91 bits per heavy atom. The van der Waals surface area contributed by atoms with Crippen LogP contribution >= 0.6 is 0 Å². The van der Waals surface area contributed by atoms with Crippen molar-refractivity contribution in [2.75, 3.05) is 41.0 Å². The number of nitrogens with zero attached hydrogens (tertiary/aromatic N) is 3. The fraction of sp³-hybridized carbons (Fsp3) is 0.647. The fourth-order valence-electron chi connectivity index (χ4n) is 2.74. The van der Waals surface area contributed by atoms with Crippen LogP contribution in [0.15, 0.2) is 23.2 Å². The lowest BCUT2D eigenvalue weighted by molar-refractivity contribution is 0.0625. The molecule has 0 saturated carbocycles. The lowest BCUT2D eigenvalue weighted by Crippen LogP contribution is -2.39. The largest absolute Gasteiger partial charge is 0.481 e. The van der Waals surface area contributed by atoms with Gasteiger partial charge in [0.15, 0.2) is 5.96 Å². The monoisotopic (exact) mass is 320 g/mol. The van der Waals surface area contributed by atoms with Crippen LogP contribution in [-0.4, -0.2) is 56.8 Å². The molecule has 0 aliphatic carbocycles. The first kappa shape index (κ1) is 17.5. The number of methoxy groups -OCH3 is 1. The van der Waals surface area contributed by atoms with Crippen LogP contribution in [0.3, 0.4) is 0 Å². The highest BCUT2D eigenvalue weighted by Crippen LogP contribution is 2.18. The van der Waals surface area contributed by atoms with Crippen molar-refractivity contribution in [2.45, 2.75) is 25.8 Å². The highest BCUT2D eigenvalue weighted by molar-refractivity contribution is 5.79. The SMILES string of the molecule is CN=C(NCc1cccc(OC)n1)N(C)CCC1CCOCC1. The van der Waals surface area contributed by atoms with E-state index in [9.17, 15) is 0 Å². The number of nitrogens with one attached hydrogen (secondary N) is 1. The highest BCUT2D eigenvalue weighted by atomic mass is 16.5. The van der Waals surface area contributed by atoms with E-state index in [1.807, 2.05) is 25.2 Å². The number of aliphatic imine (C=N–C) groups is 1. The van der Waals surface area contributed by atoms with Crippen molar-refractivity contribution in [1.29, 1.82) is 0 Å². The summed E-state index contributed by atoms with van der Waals surface area (Å²) in [6.45, 7) is 3.44. The van der Waals surface area contributed by atoms with Gasteiger partial charge < -0.3 is 19.7 Å². The van der Waals surface area contributed by atoms with Gasteiger partial charge in [0.1, 0.15) is 0 Å². The molecule has 23 heavy (non-hydrogen) atoms. The second-order valence-corrected chi connectivity index (χ2v) is 5.84. The van der Waals surface area contributed by atoms with Crippen molar-refractivity contribution in [3.8, 4) is 5.88 Å². The Hall–Kier alpha value is -1.82. The Kier molecular flexibility index (Phi) is 7.13. The molecule has 1 N–H and O–H groups in total. The molecule has 128 valence electrons. The smallest absolute Gasteiger partial charge is 0.213 e. The average molecular weight is 320 g/mol. The number of guanidine groups is 1. The number of rotatable bonds is 6. The minimum Gasteiger partial charge on any atom is -0.481 e. The van der Waals surface area contributed by atoms with Gasteiger partial charge >= 0.3 is 0 Å². The molecule has 0 amide bonds. The first-order chi connectivity index (χ1) is 11.2. The van der Waals surface area contributed by atoms with E-state index in [0.717, 1.165) is 37.3 Å². The van der Waals surface area contributed by atoms with Crippen molar-refractivity contribution in [2.24, 2.45) is 10.9 Å². The molecule has 0 spiro atoms. The van der Waals surface area contributed by atoms with Gasteiger partial charge in [-0.15, -0.1) is 0 Å². The van der Waals surface area contributed by atoms with Crippen molar-refractivity contribution in [3.63, 3.8) is 0 Å². The standard InChI is InChI=1S/C17H28N4O2/c1-18-17(19-13-15-5-4-6-16(20-15)22-3)21(2)10-7-14-8-11-23-12-9-14/h4-6,14H,7-13H2,1-3H3,(H,18,19). The molecular weight excluding hydrogens is 292 g/mol. The summed E-state index contributed by atoms with van der Waals surface area (Å²) in [6.07, 6.45) is 3.53. The van der Waals surface area contributed by atoms with Crippen LogP contribution in [0, 0.1) is 5.92 Å². The summed E-state index contributed by atoms with van der Waals surface area (Å²) in [5.41, 5.74) is 0.934. The minimum atomic E-state index is 0.630. The summed E-state index contributed by atoms with van der Waals surface area (Å²) in [4.78, 5) is 10.9. The number of hydrogen-bond acceptors (Lipinski definition) is 4. The van der Waals surface area contributed by atoms with Gasteiger partial charge in [0.05, 0.1) is 19.3 Å². The molecular formula is C17H28N4O2. The molecule has 2 heterocycles. The third-order valence-corrected chi connectivity index (χ3v) is 4.20. The zero-order chi connectivity index (χ0) is 16.5. The maximum atomic E-state index is 5.41. The molecule has 1 aromatic rings. The van der Waals surface area contributed by atoms with E-state index in [1.54, 1.807) is 7.11 Å². The summed E-state index contributed by atoms with van der Waals surface area (Å²) in [6, 6.07) is 5.77. The summed E-state index contributed by atoms with van der Waals surface area (Å²) in [7, 11) is 5.52. The quantitative estimate of drug-likeness (QED) is 0.641. The fourth-order valence-corrected chi connectivity index (χ4v) is 2.74. The minimum absolute atomic E-state index is 0.630. The molecule has 1 saturated heterocycles. The third-order valence-electron chi connectivity index (χ3n) is 4.20. The Morgan fingerprint density at radius 2 is 2.22 bits per heavy atom. The molecule has 1 aromatic heterocycles. The van der Waals surface area contributed by atoms with Crippen LogP contribution in [0.5, 0.6) is 5.88 Å². The van der Waals surface area contributed by atoms with Gasteiger partial charge in [-0.05, 0) is 31.2 Å². The van der Waals surface area contributed by atoms with E-state index in [-0.39, 0.29) is 0 Å². The zero-order valence-corrected chi connectivity index (χ0v) is 14.4. The van der Waals surface area contributed by atoms with Crippen LogP contribution < -0.4 is 10.1 Å². The van der Waals surface area contributed by atoms with E-state index >= 15 is 0 Å². The predicted molar refractivity (Wildman–Crippen MR) is 91.8 cm³/mol. The van der Waals surface area contributed by atoms with Crippen molar-refractivity contribution in [1.82, 2.24) is 15.2 Å². The average Bonchev–Trinajstić information content (AvgIpc) is 2.61. The van der Waals surface area contributed by atoms with Crippen molar-refractivity contribution >= 4 is 5.96 Å². The number of pyridine rings is 1. The Labute approximate surface area is 138 Å². The summed E-state index contributed by atoms with van der Waals surface area (Å²) < 4.78 is 10.6. The zero-order valence-electron chi connectivity index (χ0n) is 14.4.